The molecule has 1 atom stereocenters. The van der Waals surface area contributed by atoms with E-state index >= 15 is 0 Å². The number of rotatable bonds is 7. The Bertz CT molecular complexity index is 1270. The van der Waals surface area contributed by atoms with Gasteiger partial charge in [-0.1, -0.05) is 23.2 Å². The second kappa shape index (κ2) is 9.14. The molecule has 4 rings (SSSR count). The van der Waals surface area contributed by atoms with Crippen LogP contribution >= 0.6 is 23.2 Å². The molecule has 0 amide bonds. The molecular formula is C20H16Cl2F3N8O+. The molecule has 0 radical (unpaired) electrons. The maximum atomic E-state index is 12.6. The van der Waals surface area contributed by atoms with E-state index < -0.39 is 23.3 Å². The molecule has 0 saturated carbocycles. The number of fused-ring (bicyclic) bond motifs is 1. The molecule has 14 heteroatoms. The Balaban J connectivity index is 1.43. The van der Waals surface area contributed by atoms with Gasteiger partial charge in [-0.2, -0.15) is 18.2 Å². The fourth-order valence-corrected chi connectivity index (χ4v) is 3.72. The number of anilines is 2. The number of nitrogens with two attached hydrogens (primary N) is 1. The maximum Gasteiger partial charge on any atom is 0.455 e. The number of halogens is 5. The minimum Gasteiger partial charge on any atom is -0.383 e. The van der Waals surface area contributed by atoms with Crippen LogP contribution in [0.25, 0.3) is 5.70 Å². The molecule has 1 aromatic carbocycles. The van der Waals surface area contributed by atoms with Gasteiger partial charge in [0.1, 0.15) is 23.5 Å². The third-order valence-electron chi connectivity index (χ3n) is 4.82. The highest BCUT2D eigenvalue weighted by Gasteiger charge is 2.41. The lowest BCUT2D eigenvalue weighted by Crippen LogP contribution is -2.55. The van der Waals surface area contributed by atoms with Crippen LogP contribution in [0.2, 0.25) is 10.0 Å². The lowest BCUT2D eigenvalue weighted by atomic mass is 10.1. The number of Topliss-reactive ketones (excluding diaryl/α,β-unsaturated/α-hetero) is 1. The molecule has 1 unspecified atom stereocenters. The Morgan fingerprint density at radius 3 is 2.65 bits per heavy atom. The number of alkyl halides is 3. The van der Waals surface area contributed by atoms with Gasteiger partial charge in [0.2, 0.25) is 0 Å². The third-order valence-corrected chi connectivity index (χ3v) is 5.37. The number of ketones is 1. The fraction of sp³-hybridized carbons (Fsp3) is 0.150. The first-order valence-electron chi connectivity index (χ1n) is 9.70. The van der Waals surface area contributed by atoms with Crippen molar-refractivity contribution in [2.75, 3.05) is 24.1 Å². The molecule has 4 N–H and O–H groups in total. The van der Waals surface area contributed by atoms with Crippen molar-refractivity contribution >= 4 is 64.7 Å². The Morgan fingerprint density at radius 2 is 1.94 bits per heavy atom. The van der Waals surface area contributed by atoms with Crippen molar-refractivity contribution in [1.29, 1.82) is 0 Å². The van der Waals surface area contributed by atoms with Gasteiger partial charge in [-0.25, -0.2) is 9.98 Å². The van der Waals surface area contributed by atoms with Gasteiger partial charge in [-0.3, -0.25) is 4.79 Å². The van der Waals surface area contributed by atoms with Gasteiger partial charge in [-0.05, 0) is 40.1 Å². The summed E-state index contributed by atoms with van der Waals surface area (Å²) in [6.07, 6.45) is -0.347. The summed E-state index contributed by atoms with van der Waals surface area (Å²) in [6.45, 7) is 0.622. The molecule has 2 aromatic rings. The number of hydrogen-bond acceptors (Lipinski definition) is 8. The highest BCUT2D eigenvalue weighted by molar-refractivity contribution is 6.36. The molecular weight excluding hydrogens is 496 g/mol. The molecule has 2 aliphatic rings. The maximum absolute atomic E-state index is 12.6. The fourth-order valence-electron chi connectivity index (χ4n) is 3.21. The van der Waals surface area contributed by atoms with Gasteiger partial charge in [0, 0.05) is 17.1 Å². The number of carbonyl (C=O) groups excluding carboxylic acids is 1. The van der Waals surface area contributed by atoms with E-state index in [2.05, 4.69) is 30.8 Å². The lowest BCUT2D eigenvalue weighted by molar-refractivity contribution is -0.838. The van der Waals surface area contributed by atoms with E-state index in [0.717, 1.165) is 6.07 Å². The zero-order valence-corrected chi connectivity index (χ0v) is 18.7. The van der Waals surface area contributed by atoms with Crippen molar-refractivity contribution in [3.05, 3.63) is 57.7 Å². The summed E-state index contributed by atoms with van der Waals surface area (Å²) in [5, 5.41) is 8.23. The quantitative estimate of drug-likeness (QED) is 0.296. The second-order valence-corrected chi connectivity index (χ2v) is 7.94. The Kier molecular flexibility index (Phi) is 6.41. The van der Waals surface area contributed by atoms with Crippen LogP contribution in [-0.4, -0.2) is 53.1 Å². The number of nitrogens with zero attached hydrogens (tertiary/aromatic N) is 5. The summed E-state index contributed by atoms with van der Waals surface area (Å²) in [6, 6.07) is 7.29. The van der Waals surface area contributed by atoms with E-state index in [1.807, 2.05) is 0 Å². The molecule has 0 aliphatic carbocycles. The highest BCUT2D eigenvalue weighted by Crippen LogP contribution is 2.31. The molecule has 0 saturated heterocycles. The van der Waals surface area contributed by atoms with Crippen LogP contribution < -0.4 is 16.5 Å². The first-order valence-corrected chi connectivity index (χ1v) is 10.5. The topological polar surface area (TPSA) is 117 Å². The molecule has 0 bridgehead atoms. The summed E-state index contributed by atoms with van der Waals surface area (Å²) in [4.78, 5) is 23.8. The zero-order valence-electron chi connectivity index (χ0n) is 17.1. The van der Waals surface area contributed by atoms with Crippen LogP contribution in [0.1, 0.15) is 15.9 Å². The first-order chi connectivity index (χ1) is 16.1. The summed E-state index contributed by atoms with van der Waals surface area (Å²) in [7, 11) is 0. The van der Waals surface area contributed by atoms with Crippen molar-refractivity contribution in [3.63, 3.8) is 0 Å². The van der Waals surface area contributed by atoms with E-state index in [-0.39, 0.29) is 10.5 Å². The summed E-state index contributed by atoms with van der Waals surface area (Å²) < 4.78 is 37.7. The smallest absolute Gasteiger partial charge is 0.383 e. The molecule has 2 aliphatic heterocycles. The molecule has 9 nitrogen and oxygen atoms in total. The van der Waals surface area contributed by atoms with E-state index in [0.29, 0.717) is 40.2 Å². The molecule has 1 aromatic heterocycles. The largest absolute Gasteiger partial charge is 0.455 e. The molecule has 34 heavy (non-hydrogen) atoms. The predicted molar refractivity (Wildman–Crippen MR) is 125 cm³/mol. The van der Waals surface area contributed by atoms with Crippen molar-refractivity contribution in [1.82, 2.24) is 10.4 Å². The van der Waals surface area contributed by atoms with Gasteiger partial charge in [0.05, 0.1) is 17.1 Å². The average molecular weight is 512 g/mol. The molecule has 0 fully saturated rings. The van der Waals surface area contributed by atoms with Crippen LogP contribution in [0.4, 0.5) is 24.8 Å². The second-order valence-electron chi connectivity index (χ2n) is 7.09. The van der Waals surface area contributed by atoms with Crippen LogP contribution in [0.3, 0.4) is 0 Å². The average Bonchev–Trinajstić information content (AvgIpc) is 3.19. The van der Waals surface area contributed by atoms with Gasteiger partial charge in [0.15, 0.2) is 12.5 Å². The van der Waals surface area contributed by atoms with Crippen molar-refractivity contribution in [2.45, 2.75) is 6.18 Å². The first kappa shape index (κ1) is 23.8. The predicted octanol–water partition coefficient (Wildman–Crippen LogP) is 3.89. The van der Waals surface area contributed by atoms with Crippen LogP contribution in [-0.2, 0) is 0 Å². The Hall–Kier alpha value is -3.32. The standard InChI is InChI=1S/C20H15Cl2F3N8O/c21-11-1-2-12(14(22)7-11)15-9-33(17(8-28-15)29-10-31-33)30-6-5-27-16-4-3-13(19(26)32-16)18(34)20(23,24)25/h1-4,7-10,30H,5-6H2,(H2-,26,27,32,34)/p+1. The minimum atomic E-state index is -5.03. The number of pyridine rings is 1. The van der Waals surface area contributed by atoms with Crippen LogP contribution in [0.15, 0.2) is 51.6 Å². The van der Waals surface area contributed by atoms with E-state index in [1.54, 1.807) is 30.6 Å². The zero-order chi connectivity index (χ0) is 24.5. The number of hydrogen-bond donors (Lipinski definition) is 3. The summed E-state index contributed by atoms with van der Waals surface area (Å²) >= 11 is 12.3. The lowest BCUT2D eigenvalue weighted by Gasteiger charge is -2.26. The van der Waals surface area contributed by atoms with Gasteiger partial charge < -0.3 is 11.1 Å². The normalized spacial score (nSPS) is 19.0. The molecule has 3 heterocycles. The summed E-state index contributed by atoms with van der Waals surface area (Å²) in [5.74, 6) is -1.83. The number of nitrogen functional groups attached to an aromatic ring is 1. The number of carbonyl (C=O) groups is 1. The van der Waals surface area contributed by atoms with E-state index in [1.165, 1.54) is 12.4 Å². The molecule has 176 valence electrons. The third kappa shape index (κ3) is 4.80. The Morgan fingerprint density at radius 1 is 1.15 bits per heavy atom. The van der Waals surface area contributed by atoms with Crippen LogP contribution in [0.5, 0.6) is 0 Å². The summed E-state index contributed by atoms with van der Waals surface area (Å²) in [5.41, 5.74) is 9.26. The number of amidine groups is 1. The number of nitrogens with one attached hydrogen (secondary N) is 2. The molecule has 0 spiro atoms. The monoisotopic (exact) mass is 511 g/mol. The number of aliphatic imine (C=N–C) groups is 2. The van der Waals surface area contributed by atoms with Gasteiger partial charge >= 0.3 is 6.18 Å². The van der Waals surface area contributed by atoms with Crippen molar-refractivity contribution in [3.8, 4) is 0 Å². The SMILES string of the molecule is Nc1nc(NCCN[N+]23C=C(c4ccc(Cl)cc4Cl)N=CC2=NC=N3)ccc1C(=O)C(F)(F)F. The van der Waals surface area contributed by atoms with Gasteiger partial charge in [-0.15, -0.1) is 5.43 Å². The van der Waals surface area contributed by atoms with Crippen molar-refractivity contribution in [2.24, 2.45) is 15.1 Å². The number of aromatic nitrogens is 1. The number of benzene rings is 1. The Labute approximate surface area is 201 Å². The highest BCUT2D eigenvalue weighted by atomic mass is 35.5. The number of quaternary nitrogens is 1. The van der Waals surface area contributed by atoms with E-state index in [4.69, 9.17) is 28.9 Å². The van der Waals surface area contributed by atoms with Crippen molar-refractivity contribution < 1.29 is 22.7 Å². The van der Waals surface area contributed by atoms with E-state index in [9.17, 15) is 18.0 Å². The van der Waals surface area contributed by atoms with Gasteiger partial charge in [0.25, 0.3) is 11.6 Å². The minimum absolute atomic E-state index is 0.173. The van der Waals surface area contributed by atoms with Crippen LogP contribution in [0, 0.1) is 0 Å².